The van der Waals surface area contributed by atoms with Crippen LogP contribution in [0.1, 0.15) is 6.42 Å². The Kier molecular flexibility index (Phi) is 8.42. The second-order valence-corrected chi connectivity index (χ2v) is 3.55. The Hall–Kier alpha value is -1.17. The number of urea groups is 1. The molecule has 0 rings (SSSR count). The second-order valence-electron chi connectivity index (χ2n) is 3.10. The summed E-state index contributed by atoms with van der Waals surface area (Å²) in [5, 5.41) is 2.62. The molecule has 0 saturated carbocycles. The number of amides is 2. The van der Waals surface area contributed by atoms with Gasteiger partial charge in [0.05, 0.1) is 6.54 Å². The maximum Gasteiger partial charge on any atom is 0.330 e. The highest BCUT2D eigenvalue weighted by Crippen LogP contribution is 1.90. The van der Waals surface area contributed by atoms with Gasteiger partial charge in [-0.05, 0) is 12.2 Å². The van der Waals surface area contributed by atoms with Gasteiger partial charge in [0.15, 0.2) is 0 Å². The zero-order chi connectivity index (χ0) is 12.4. The van der Waals surface area contributed by atoms with Crippen molar-refractivity contribution in [2.24, 2.45) is 0 Å². The van der Waals surface area contributed by atoms with Crippen LogP contribution in [0.3, 0.4) is 0 Å². The van der Waals surface area contributed by atoms with E-state index in [1.54, 1.807) is 11.9 Å². The van der Waals surface area contributed by atoms with Gasteiger partial charge in [-0.25, -0.2) is 9.59 Å². The Morgan fingerprint density at radius 1 is 1.56 bits per heavy atom. The van der Waals surface area contributed by atoms with Crippen molar-refractivity contribution < 1.29 is 14.3 Å². The molecule has 0 heterocycles. The molecule has 0 aromatic rings. The van der Waals surface area contributed by atoms with Crippen LogP contribution in [0.25, 0.3) is 0 Å². The van der Waals surface area contributed by atoms with Crippen LogP contribution in [0, 0.1) is 0 Å². The van der Waals surface area contributed by atoms with Gasteiger partial charge in [-0.15, -0.1) is 0 Å². The summed E-state index contributed by atoms with van der Waals surface area (Å²) in [4.78, 5) is 23.6. The number of hydrogen-bond acceptors (Lipinski definition) is 4. The molecule has 0 radical (unpaired) electrons. The zero-order valence-corrected chi connectivity index (χ0v) is 10.3. The molecule has 1 N–H and O–H groups in total. The van der Waals surface area contributed by atoms with Crippen molar-refractivity contribution in [1.82, 2.24) is 10.2 Å². The van der Waals surface area contributed by atoms with Crippen molar-refractivity contribution >= 4 is 24.6 Å². The topological polar surface area (TPSA) is 58.6 Å². The lowest BCUT2D eigenvalue weighted by atomic mass is 10.4. The fraction of sp³-hybridized carbons (Fsp3) is 0.600. The van der Waals surface area contributed by atoms with Gasteiger partial charge in [-0.2, -0.15) is 12.6 Å². The molecule has 6 heteroatoms. The first-order valence-corrected chi connectivity index (χ1v) is 5.64. The van der Waals surface area contributed by atoms with E-state index >= 15 is 0 Å². The Morgan fingerprint density at radius 3 is 2.81 bits per heavy atom. The predicted molar refractivity (Wildman–Crippen MR) is 65.7 cm³/mol. The number of rotatable bonds is 7. The Bertz CT molecular complexity index is 246. The predicted octanol–water partition coefficient (Wildman–Crippen LogP) is 0.677. The lowest BCUT2D eigenvalue weighted by molar-refractivity contribution is -0.137. The van der Waals surface area contributed by atoms with Crippen molar-refractivity contribution in [3.8, 4) is 0 Å². The first-order valence-electron chi connectivity index (χ1n) is 5.00. The van der Waals surface area contributed by atoms with E-state index < -0.39 is 5.97 Å². The van der Waals surface area contributed by atoms with Crippen molar-refractivity contribution in [1.29, 1.82) is 0 Å². The molecule has 92 valence electrons. The fourth-order valence-electron chi connectivity index (χ4n) is 0.913. The fourth-order valence-corrected chi connectivity index (χ4v) is 1.05. The van der Waals surface area contributed by atoms with E-state index in [2.05, 4.69) is 24.5 Å². The van der Waals surface area contributed by atoms with E-state index in [-0.39, 0.29) is 12.6 Å². The number of nitrogens with one attached hydrogen (secondary N) is 1. The van der Waals surface area contributed by atoms with Gasteiger partial charge in [0.25, 0.3) is 0 Å². The van der Waals surface area contributed by atoms with Gasteiger partial charge in [0, 0.05) is 19.7 Å². The average Bonchev–Trinajstić information content (AvgIpc) is 2.30. The molecule has 0 aromatic heterocycles. The number of thiol groups is 1. The van der Waals surface area contributed by atoms with Crippen molar-refractivity contribution in [3.05, 3.63) is 12.7 Å². The molecule has 5 nitrogen and oxygen atoms in total. The Morgan fingerprint density at radius 2 is 2.25 bits per heavy atom. The molecule has 0 bridgehead atoms. The van der Waals surface area contributed by atoms with E-state index in [1.807, 2.05) is 0 Å². The number of carbonyl (C=O) groups excluding carboxylic acids is 2. The molecule has 0 unspecified atom stereocenters. The van der Waals surface area contributed by atoms with Gasteiger partial charge in [-0.1, -0.05) is 6.58 Å². The lowest BCUT2D eigenvalue weighted by Gasteiger charge is -2.17. The molecule has 0 aliphatic heterocycles. The van der Waals surface area contributed by atoms with Gasteiger partial charge >= 0.3 is 12.0 Å². The molecule has 0 saturated heterocycles. The highest BCUT2D eigenvalue weighted by atomic mass is 32.1. The SMILES string of the molecule is C=CC(=O)OCCNC(=O)N(C)CCCS. The number of nitrogens with zero attached hydrogens (tertiary/aromatic N) is 1. The summed E-state index contributed by atoms with van der Waals surface area (Å²) < 4.78 is 4.70. The van der Waals surface area contributed by atoms with Gasteiger partial charge in [0.2, 0.25) is 0 Å². The zero-order valence-electron chi connectivity index (χ0n) is 9.44. The van der Waals surface area contributed by atoms with Crippen LogP contribution in [-0.2, 0) is 9.53 Å². The van der Waals surface area contributed by atoms with Crippen LogP contribution in [0.15, 0.2) is 12.7 Å². The summed E-state index contributed by atoms with van der Waals surface area (Å²) in [5.41, 5.74) is 0. The van der Waals surface area contributed by atoms with Gasteiger partial charge < -0.3 is 15.0 Å². The van der Waals surface area contributed by atoms with Crippen LogP contribution < -0.4 is 5.32 Å². The minimum absolute atomic E-state index is 0.150. The minimum Gasteiger partial charge on any atom is -0.461 e. The largest absolute Gasteiger partial charge is 0.461 e. The number of hydrogen-bond donors (Lipinski definition) is 2. The van der Waals surface area contributed by atoms with E-state index in [1.165, 1.54) is 0 Å². The molecule has 0 spiro atoms. The van der Waals surface area contributed by atoms with E-state index in [0.717, 1.165) is 18.2 Å². The molecule has 16 heavy (non-hydrogen) atoms. The van der Waals surface area contributed by atoms with E-state index in [9.17, 15) is 9.59 Å². The van der Waals surface area contributed by atoms with Crippen LogP contribution in [0.5, 0.6) is 0 Å². The first kappa shape index (κ1) is 14.8. The number of carbonyl (C=O) groups is 2. The van der Waals surface area contributed by atoms with Crippen molar-refractivity contribution in [3.63, 3.8) is 0 Å². The quantitative estimate of drug-likeness (QED) is 0.300. The Balaban J connectivity index is 3.56. The van der Waals surface area contributed by atoms with Crippen LogP contribution in [0.4, 0.5) is 4.79 Å². The molecular formula is C10H18N2O3S. The van der Waals surface area contributed by atoms with Gasteiger partial charge in [0.1, 0.15) is 6.61 Å². The number of ether oxygens (including phenoxy) is 1. The van der Waals surface area contributed by atoms with Crippen LogP contribution in [-0.4, -0.2) is 49.4 Å². The lowest BCUT2D eigenvalue weighted by Crippen LogP contribution is -2.39. The maximum absolute atomic E-state index is 11.4. The van der Waals surface area contributed by atoms with E-state index in [4.69, 9.17) is 4.74 Å². The third kappa shape index (κ3) is 7.17. The molecule has 0 aliphatic carbocycles. The summed E-state index contributed by atoms with van der Waals surface area (Å²) >= 11 is 4.06. The summed E-state index contributed by atoms with van der Waals surface area (Å²) in [6.07, 6.45) is 1.93. The molecular weight excluding hydrogens is 228 g/mol. The average molecular weight is 246 g/mol. The highest BCUT2D eigenvalue weighted by Gasteiger charge is 2.06. The summed E-state index contributed by atoms with van der Waals surface area (Å²) in [6.45, 7) is 4.36. The summed E-state index contributed by atoms with van der Waals surface area (Å²) in [5.74, 6) is 0.256. The maximum atomic E-state index is 11.4. The van der Waals surface area contributed by atoms with Crippen LogP contribution in [0.2, 0.25) is 0 Å². The molecule has 2 amide bonds. The monoisotopic (exact) mass is 246 g/mol. The molecule has 0 aromatic carbocycles. The van der Waals surface area contributed by atoms with Crippen molar-refractivity contribution in [2.75, 3.05) is 32.5 Å². The van der Waals surface area contributed by atoms with Crippen molar-refractivity contribution in [2.45, 2.75) is 6.42 Å². The standard InChI is InChI=1S/C10H18N2O3S/c1-3-9(13)15-7-5-11-10(14)12(2)6-4-8-16/h3,16H,1,4-8H2,2H3,(H,11,14). The van der Waals surface area contributed by atoms with Crippen LogP contribution >= 0.6 is 12.6 Å². The van der Waals surface area contributed by atoms with E-state index in [0.29, 0.717) is 13.1 Å². The first-order chi connectivity index (χ1) is 7.61. The summed E-state index contributed by atoms with van der Waals surface area (Å²) in [7, 11) is 1.70. The summed E-state index contributed by atoms with van der Waals surface area (Å²) in [6, 6.07) is -0.184. The smallest absolute Gasteiger partial charge is 0.330 e. The Labute approximate surface area is 101 Å². The third-order valence-electron chi connectivity index (χ3n) is 1.79. The molecule has 0 aliphatic rings. The normalized spacial score (nSPS) is 9.38. The van der Waals surface area contributed by atoms with Gasteiger partial charge in [-0.3, -0.25) is 0 Å². The minimum atomic E-state index is -0.488. The molecule has 0 fully saturated rings. The molecule has 0 atom stereocenters. The second kappa shape index (κ2) is 9.08. The number of esters is 1. The third-order valence-corrected chi connectivity index (χ3v) is 2.10. The highest BCUT2D eigenvalue weighted by molar-refractivity contribution is 7.80.